The van der Waals surface area contributed by atoms with Crippen LogP contribution in [-0.4, -0.2) is 25.7 Å². The van der Waals surface area contributed by atoms with Crippen LogP contribution >= 0.6 is 22.6 Å². The molecule has 128 valence electrons. The molecule has 1 aromatic carbocycles. The van der Waals surface area contributed by atoms with Crippen LogP contribution in [-0.2, 0) is 16.0 Å². The number of methoxy groups -OCH3 is 1. The van der Waals surface area contributed by atoms with E-state index in [1.54, 1.807) is 0 Å². The van der Waals surface area contributed by atoms with Gasteiger partial charge in [-0.05, 0) is 53.1 Å². The molecule has 0 aliphatic rings. The number of benzene rings is 1. The number of anilines is 1. The van der Waals surface area contributed by atoms with E-state index in [0.29, 0.717) is 19.4 Å². The Hall–Kier alpha value is -1.31. The van der Waals surface area contributed by atoms with Crippen LogP contribution in [0.1, 0.15) is 44.6 Å². The first-order valence-electron chi connectivity index (χ1n) is 7.97. The number of rotatable bonds is 9. The van der Waals surface area contributed by atoms with Crippen molar-refractivity contribution in [3.63, 3.8) is 0 Å². The van der Waals surface area contributed by atoms with Crippen molar-refractivity contribution in [2.75, 3.05) is 19.0 Å². The zero-order valence-electron chi connectivity index (χ0n) is 13.8. The average molecular weight is 432 g/mol. The van der Waals surface area contributed by atoms with Crippen LogP contribution in [0, 0.1) is 3.57 Å². The van der Waals surface area contributed by atoms with Gasteiger partial charge in [-0.25, -0.2) is 4.79 Å². The monoisotopic (exact) mass is 432 g/mol. The van der Waals surface area contributed by atoms with Gasteiger partial charge in [-0.15, -0.1) is 0 Å². The van der Waals surface area contributed by atoms with Gasteiger partial charge in [-0.2, -0.15) is 0 Å². The van der Waals surface area contributed by atoms with Crippen molar-refractivity contribution in [2.45, 2.75) is 45.4 Å². The van der Waals surface area contributed by atoms with Gasteiger partial charge in [0.2, 0.25) is 0 Å². The van der Waals surface area contributed by atoms with Gasteiger partial charge in [0.05, 0.1) is 7.11 Å². The largest absolute Gasteiger partial charge is 0.469 e. The predicted molar refractivity (Wildman–Crippen MR) is 101 cm³/mol. The SMILES string of the molecule is CCCCCCNC(=O)Nc1cc(I)ccc1CCC(=O)OC. The quantitative estimate of drug-likeness (QED) is 0.351. The van der Waals surface area contributed by atoms with E-state index in [1.807, 2.05) is 18.2 Å². The maximum atomic E-state index is 12.0. The Labute approximate surface area is 151 Å². The Morgan fingerprint density at radius 3 is 2.70 bits per heavy atom. The number of hydrogen-bond acceptors (Lipinski definition) is 3. The maximum Gasteiger partial charge on any atom is 0.319 e. The number of urea groups is 1. The number of esters is 1. The minimum absolute atomic E-state index is 0.206. The first-order valence-corrected chi connectivity index (χ1v) is 9.04. The fourth-order valence-electron chi connectivity index (χ4n) is 2.14. The molecule has 0 unspecified atom stereocenters. The summed E-state index contributed by atoms with van der Waals surface area (Å²) in [5, 5.41) is 5.75. The highest BCUT2D eigenvalue weighted by Gasteiger charge is 2.09. The number of unbranched alkanes of at least 4 members (excludes halogenated alkanes) is 3. The van der Waals surface area contributed by atoms with Gasteiger partial charge in [-0.1, -0.05) is 32.3 Å². The van der Waals surface area contributed by atoms with Crippen LogP contribution in [0.4, 0.5) is 10.5 Å². The molecule has 0 spiro atoms. The third-order valence-electron chi connectivity index (χ3n) is 3.46. The summed E-state index contributed by atoms with van der Waals surface area (Å²) in [6.07, 6.45) is 5.32. The van der Waals surface area contributed by atoms with Crippen LogP contribution in [0.15, 0.2) is 18.2 Å². The van der Waals surface area contributed by atoms with Gasteiger partial charge < -0.3 is 15.4 Å². The minimum atomic E-state index is -0.255. The number of hydrogen-bond donors (Lipinski definition) is 2. The second kappa shape index (κ2) is 11.3. The summed E-state index contributed by atoms with van der Waals surface area (Å²) < 4.78 is 5.69. The highest BCUT2D eigenvalue weighted by Crippen LogP contribution is 2.21. The molecule has 1 rings (SSSR count). The number of ether oxygens (including phenoxy) is 1. The number of carbonyl (C=O) groups excluding carboxylic acids is 2. The van der Waals surface area contributed by atoms with Crippen molar-refractivity contribution < 1.29 is 14.3 Å². The third kappa shape index (κ3) is 8.20. The highest BCUT2D eigenvalue weighted by molar-refractivity contribution is 14.1. The van der Waals surface area contributed by atoms with E-state index in [9.17, 15) is 9.59 Å². The van der Waals surface area contributed by atoms with Gasteiger partial charge in [0.25, 0.3) is 0 Å². The molecule has 5 nitrogen and oxygen atoms in total. The molecule has 2 N–H and O–H groups in total. The Morgan fingerprint density at radius 2 is 2.00 bits per heavy atom. The van der Waals surface area contributed by atoms with E-state index in [-0.39, 0.29) is 12.0 Å². The molecule has 0 aliphatic heterocycles. The van der Waals surface area contributed by atoms with Crippen LogP contribution in [0.3, 0.4) is 0 Å². The number of nitrogens with one attached hydrogen (secondary N) is 2. The van der Waals surface area contributed by atoms with Crippen LogP contribution in [0.25, 0.3) is 0 Å². The molecular formula is C17H25IN2O3. The molecule has 6 heteroatoms. The number of halogens is 1. The molecule has 1 aromatic rings. The first kappa shape index (κ1) is 19.7. The molecule has 0 radical (unpaired) electrons. The summed E-state index contributed by atoms with van der Waals surface area (Å²) in [4.78, 5) is 23.3. The summed E-state index contributed by atoms with van der Waals surface area (Å²) in [6.45, 7) is 2.83. The summed E-state index contributed by atoms with van der Waals surface area (Å²) >= 11 is 2.20. The van der Waals surface area contributed by atoms with Crippen molar-refractivity contribution in [3.05, 3.63) is 27.3 Å². The zero-order chi connectivity index (χ0) is 17.1. The number of amides is 2. The molecule has 0 aliphatic carbocycles. The molecule has 0 aromatic heterocycles. The van der Waals surface area contributed by atoms with Crippen LogP contribution in [0.2, 0.25) is 0 Å². The molecular weight excluding hydrogens is 407 g/mol. The molecule has 0 saturated carbocycles. The highest BCUT2D eigenvalue weighted by atomic mass is 127. The number of aryl methyl sites for hydroxylation is 1. The van der Waals surface area contributed by atoms with E-state index in [1.165, 1.54) is 20.0 Å². The Bertz CT molecular complexity index is 521. The van der Waals surface area contributed by atoms with Gasteiger partial charge in [0.15, 0.2) is 0 Å². The third-order valence-corrected chi connectivity index (χ3v) is 4.13. The number of carbonyl (C=O) groups is 2. The van der Waals surface area contributed by atoms with E-state index < -0.39 is 0 Å². The fourth-order valence-corrected chi connectivity index (χ4v) is 2.63. The smallest absolute Gasteiger partial charge is 0.319 e. The topological polar surface area (TPSA) is 67.4 Å². The van der Waals surface area contributed by atoms with Crippen LogP contribution < -0.4 is 10.6 Å². The predicted octanol–water partition coefficient (Wildman–Crippen LogP) is 4.10. The van der Waals surface area contributed by atoms with Gasteiger partial charge in [-0.3, -0.25) is 4.79 Å². The van der Waals surface area contributed by atoms with Gasteiger partial charge in [0, 0.05) is 22.2 Å². The molecule has 0 atom stereocenters. The van der Waals surface area contributed by atoms with Crippen molar-refractivity contribution in [1.82, 2.24) is 5.32 Å². The molecule has 2 amide bonds. The van der Waals surface area contributed by atoms with E-state index >= 15 is 0 Å². The molecule has 0 fully saturated rings. The second-order valence-corrected chi connectivity index (χ2v) is 6.56. The van der Waals surface area contributed by atoms with Crippen molar-refractivity contribution in [1.29, 1.82) is 0 Å². The van der Waals surface area contributed by atoms with Gasteiger partial charge >= 0.3 is 12.0 Å². The Morgan fingerprint density at radius 1 is 1.22 bits per heavy atom. The van der Waals surface area contributed by atoms with Crippen molar-refractivity contribution in [3.8, 4) is 0 Å². The summed E-state index contributed by atoms with van der Waals surface area (Å²) in [7, 11) is 1.38. The summed E-state index contributed by atoms with van der Waals surface area (Å²) in [6, 6.07) is 5.59. The van der Waals surface area contributed by atoms with Gasteiger partial charge in [0.1, 0.15) is 0 Å². The molecule has 0 heterocycles. The lowest BCUT2D eigenvalue weighted by molar-refractivity contribution is -0.140. The first-order chi connectivity index (χ1) is 11.1. The lowest BCUT2D eigenvalue weighted by Gasteiger charge is -2.12. The van der Waals surface area contributed by atoms with E-state index in [2.05, 4.69) is 44.9 Å². The minimum Gasteiger partial charge on any atom is -0.469 e. The summed E-state index contributed by atoms with van der Waals surface area (Å²) in [5.41, 5.74) is 1.67. The van der Waals surface area contributed by atoms with E-state index in [4.69, 9.17) is 0 Å². The van der Waals surface area contributed by atoms with Crippen molar-refractivity contribution >= 4 is 40.3 Å². The Kier molecular flexibility index (Phi) is 9.66. The lowest BCUT2D eigenvalue weighted by atomic mass is 10.1. The fraction of sp³-hybridized carbons (Fsp3) is 0.529. The second-order valence-electron chi connectivity index (χ2n) is 5.32. The van der Waals surface area contributed by atoms with E-state index in [0.717, 1.165) is 27.7 Å². The normalized spacial score (nSPS) is 10.2. The van der Waals surface area contributed by atoms with Crippen molar-refractivity contribution in [2.24, 2.45) is 0 Å². The summed E-state index contributed by atoms with van der Waals surface area (Å²) in [5.74, 6) is -0.255. The standard InChI is InChI=1S/C17H25IN2O3/c1-3-4-5-6-11-19-17(22)20-15-12-14(18)9-7-13(15)8-10-16(21)23-2/h7,9,12H,3-6,8,10-11H2,1-2H3,(H2,19,20,22). The Balaban J connectivity index is 2.54. The molecule has 0 bridgehead atoms. The maximum absolute atomic E-state index is 12.0. The lowest BCUT2D eigenvalue weighted by Crippen LogP contribution is -2.30. The average Bonchev–Trinajstić information content (AvgIpc) is 2.53. The zero-order valence-corrected chi connectivity index (χ0v) is 15.9. The molecule has 23 heavy (non-hydrogen) atoms. The molecule has 0 saturated heterocycles. The van der Waals surface area contributed by atoms with Crippen LogP contribution in [0.5, 0.6) is 0 Å².